The van der Waals surface area contributed by atoms with Crippen molar-refractivity contribution in [3.63, 3.8) is 0 Å². The van der Waals surface area contributed by atoms with Crippen LogP contribution in [0, 0.1) is 0 Å². The monoisotopic (exact) mass is 299 g/mol. The molecule has 1 saturated carbocycles. The van der Waals surface area contributed by atoms with Gasteiger partial charge in [-0.05, 0) is 56.1 Å². The second-order valence-electron chi connectivity index (χ2n) is 7.53. The van der Waals surface area contributed by atoms with Gasteiger partial charge >= 0.3 is 0 Å². The highest BCUT2D eigenvalue weighted by atomic mass is 16.5. The van der Waals surface area contributed by atoms with Gasteiger partial charge in [0, 0.05) is 18.1 Å². The number of ether oxygens (including phenoxy) is 1. The van der Waals surface area contributed by atoms with Gasteiger partial charge in [-0.15, -0.1) is 0 Å². The standard InChI is InChI=1S/C20H29NO/c1-22-20-10-6-5-9-19(20)15-13-17-11-12-18(14-15)21(17)16-7-3-2-4-8-16/h5-6,9-10,15-18H,2-4,7-8,11-14H2,1H3. The normalized spacial score (nSPS) is 33.0. The van der Waals surface area contributed by atoms with Crippen molar-refractivity contribution >= 4 is 0 Å². The van der Waals surface area contributed by atoms with Crippen LogP contribution in [0.5, 0.6) is 5.75 Å². The fraction of sp³-hybridized carbons (Fsp3) is 0.700. The van der Waals surface area contributed by atoms with Crippen molar-refractivity contribution in [1.82, 2.24) is 4.90 Å². The summed E-state index contributed by atoms with van der Waals surface area (Å²) in [5.74, 6) is 1.80. The third-order valence-corrected chi connectivity index (χ3v) is 6.36. The van der Waals surface area contributed by atoms with Gasteiger partial charge in [-0.25, -0.2) is 0 Å². The quantitative estimate of drug-likeness (QED) is 0.799. The predicted molar refractivity (Wildman–Crippen MR) is 90.5 cm³/mol. The molecule has 0 aromatic heterocycles. The Labute approximate surface area is 134 Å². The largest absolute Gasteiger partial charge is 0.496 e. The first-order valence-electron chi connectivity index (χ1n) is 9.27. The summed E-state index contributed by atoms with van der Waals surface area (Å²) in [7, 11) is 1.81. The van der Waals surface area contributed by atoms with E-state index in [4.69, 9.17) is 4.74 Å². The molecule has 2 saturated heterocycles. The first kappa shape index (κ1) is 14.6. The van der Waals surface area contributed by atoms with E-state index in [-0.39, 0.29) is 0 Å². The summed E-state index contributed by atoms with van der Waals surface area (Å²) in [6, 6.07) is 11.2. The van der Waals surface area contributed by atoms with E-state index in [1.165, 1.54) is 63.4 Å². The average molecular weight is 299 g/mol. The molecular weight excluding hydrogens is 270 g/mol. The highest BCUT2D eigenvalue weighted by Crippen LogP contribution is 2.47. The summed E-state index contributed by atoms with van der Waals surface area (Å²) in [5, 5.41) is 0. The number of piperidine rings is 1. The third kappa shape index (κ3) is 2.56. The van der Waals surface area contributed by atoms with Gasteiger partial charge in [0.15, 0.2) is 0 Å². The zero-order valence-corrected chi connectivity index (χ0v) is 13.8. The minimum absolute atomic E-state index is 0.702. The Hall–Kier alpha value is -1.02. The van der Waals surface area contributed by atoms with Crippen LogP contribution in [0.3, 0.4) is 0 Å². The first-order valence-corrected chi connectivity index (χ1v) is 9.27. The Bertz CT molecular complexity index is 494. The summed E-state index contributed by atoms with van der Waals surface area (Å²) in [6.07, 6.45) is 12.8. The molecule has 2 unspecified atom stereocenters. The fourth-order valence-electron chi connectivity index (χ4n) is 5.45. The SMILES string of the molecule is COc1ccccc1C1CC2CCC(C1)N2C1CCCCC1. The van der Waals surface area contributed by atoms with E-state index in [1.807, 2.05) is 7.11 Å². The predicted octanol–water partition coefficient (Wildman–Crippen LogP) is 4.74. The molecule has 0 spiro atoms. The van der Waals surface area contributed by atoms with E-state index >= 15 is 0 Å². The lowest BCUT2D eigenvalue weighted by molar-refractivity contribution is 0.0564. The maximum absolute atomic E-state index is 5.62. The van der Waals surface area contributed by atoms with Crippen molar-refractivity contribution in [1.29, 1.82) is 0 Å². The summed E-state index contributed by atoms with van der Waals surface area (Å²) < 4.78 is 5.62. The molecule has 2 heterocycles. The number of fused-ring (bicyclic) bond motifs is 2. The van der Waals surface area contributed by atoms with Crippen molar-refractivity contribution in [3.8, 4) is 5.75 Å². The van der Waals surface area contributed by atoms with Gasteiger partial charge in [0.1, 0.15) is 5.75 Å². The summed E-state index contributed by atoms with van der Waals surface area (Å²) >= 11 is 0. The van der Waals surface area contributed by atoms with Gasteiger partial charge < -0.3 is 4.74 Å². The Morgan fingerprint density at radius 1 is 0.864 bits per heavy atom. The lowest BCUT2D eigenvalue weighted by atomic mass is 9.82. The Balaban J connectivity index is 1.52. The molecule has 2 heteroatoms. The molecule has 1 aromatic rings. The van der Waals surface area contributed by atoms with Crippen molar-refractivity contribution in [2.75, 3.05) is 7.11 Å². The second-order valence-corrected chi connectivity index (χ2v) is 7.53. The van der Waals surface area contributed by atoms with Crippen LogP contribution in [0.25, 0.3) is 0 Å². The smallest absolute Gasteiger partial charge is 0.122 e. The highest BCUT2D eigenvalue weighted by molar-refractivity contribution is 5.37. The Kier molecular flexibility index (Phi) is 4.13. The molecule has 120 valence electrons. The summed E-state index contributed by atoms with van der Waals surface area (Å²) in [5.41, 5.74) is 1.45. The molecule has 2 atom stereocenters. The fourth-order valence-corrected chi connectivity index (χ4v) is 5.45. The highest BCUT2D eigenvalue weighted by Gasteiger charge is 2.44. The van der Waals surface area contributed by atoms with Crippen LogP contribution in [-0.4, -0.2) is 30.1 Å². The van der Waals surface area contributed by atoms with Gasteiger partial charge in [0.2, 0.25) is 0 Å². The van der Waals surface area contributed by atoms with Crippen LogP contribution in [0.15, 0.2) is 24.3 Å². The van der Waals surface area contributed by atoms with Crippen molar-refractivity contribution in [3.05, 3.63) is 29.8 Å². The Morgan fingerprint density at radius 2 is 1.55 bits per heavy atom. The van der Waals surface area contributed by atoms with Crippen molar-refractivity contribution in [2.45, 2.75) is 81.8 Å². The number of methoxy groups -OCH3 is 1. The van der Waals surface area contributed by atoms with E-state index in [0.29, 0.717) is 5.92 Å². The maximum atomic E-state index is 5.62. The minimum atomic E-state index is 0.702. The number of para-hydroxylation sites is 1. The van der Waals surface area contributed by atoms with Gasteiger partial charge in [0.25, 0.3) is 0 Å². The molecule has 2 aliphatic heterocycles. The molecule has 0 radical (unpaired) electrons. The molecule has 1 aliphatic carbocycles. The van der Waals surface area contributed by atoms with Gasteiger partial charge in [-0.1, -0.05) is 37.5 Å². The molecule has 0 amide bonds. The lowest BCUT2D eigenvalue weighted by Gasteiger charge is -2.45. The average Bonchev–Trinajstić information content (AvgIpc) is 2.85. The van der Waals surface area contributed by atoms with Crippen LogP contribution in [0.1, 0.15) is 69.3 Å². The number of nitrogens with zero attached hydrogens (tertiary/aromatic N) is 1. The van der Waals surface area contributed by atoms with Crippen LogP contribution in [0.4, 0.5) is 0 Å². The van der Waals surface area contributed by atoms with E-state index in [9.17, 15) is 0 Å². The zero-order chi connectivity index (χ0) is 14.9. The molecule has 2 bridgehead atoms. The Morgan fingerprint density at radius 3 is 2.23 bits per heavy atom. The summed E-state index contributed by atoms with van der Waals surface area (Å²) in [4.78, 5) is 2.95. The zero-order valence-electron chi connectivity index (χ0n) is 13.8. The molecule has 4 rings (SSSR count). The third-order valence-electron chi connectivity index (χ3n) is 6.36. The molecular formula is C20H29NO. The molecule has 3 aliphatic rings. The first-order chi connectivity index (χ1) is 10.9. The molecule has 0 N–H and O–H groups in total. The number of hydrogen-bond acceptors (Lipinski definition) is 2. The number of rotatable bonds is 3. The van der Waals surface area contributed by atoms with Crippen LogP contribution in [0.2, 0.25) is 0 Å². The lowest BCUT2D eigenvalue weighted by Crippen LogP contribution is -2.49. The van der Waals surface area contributed by atoms with Crippen LogP contribution >= 0.6 is 0 Å². The van der Waals surface area contributed by atoms with Crippen molar-refractivity contribution in [2.24, 2.45) is 0 Å². The van der Waals surface area contributed by atoms with E-state index in [2.05, 4.69) is 29.2 Å². The second kappa shape index (κ2) is 6.23. The van der Waals surface area contributed by atoms with Gasteiger partial charge in [-0.3, -0.25) is 4.90 Å². The van der Waals surface area contributed by atoms with Gasteiger partial charge in [0.05, 0.1) is 7.11 Å². The van der Waals surface area contributed by atoms with E-state index in [0.717, 1.165) is 23.9 Å². The minimum Gasteiger partial charge on any atom is -0.496 e. The maximum Gasteiger partial charge on any atom is 0.122 e. The van der Waals surface area contributed by atoms with E-state index in [1.54, 1.807) is 0 Å². The van der Waals surface area contributed by atoms with E-state index < -0.39 is 0 Å². The van der Waals surface area contributed by atoms with Gasteiger partial charge in [-0.2, -0.15) is 0 Å². The van der Waals surface area contributed by atoms with Crippen molar-refractivity contribution < 1.29 is 4.74 Å². The molecule has 2 nitrogen and oxygen atoms in total. The molecule has 22 heavy (non-hydrogen) atoms. The van der Waals surface area contributed by atoms with Crippen LogP contribution in [-0.2, 0) is 0 Å². The van der Waals surface area contributed by atoms with Crippen LogP contribution < -0.4 is 4.74 Å². The summed E-state index contributed by atoms with van der Waals surface area (Å²) in [6.45, 7) is 0. The molecule has 1 aromatic carbocycles. The number of benzene rings is 1. The molecule has 3 fully saturated rings. The number of hydrogen-bond donors (Lipinski definition) is 0. The topological polar surface area (TPSA) is 12.5 Å².